The van der Waals surface area contributed by atoms with Crippen LogP contribution in [0.3, 0.4) is 0 Å². The summed E-state index contributed by atoms with van der Waals surface area (Å²) in [4.78, 5) is 15.5. The van der Waals surface area contributed by atoms with Crippen LogP contribution in [0.1, 0.15) is 11.1 Å². The Labute approximate surface area is 151 Å². The second kappa shape index (κ2) is 6.80. The van der Waals surface area contributed by atoms with Crippen molar-refractivity contribution in [2.75, 3.05) is 12.8 Å². The lowest BCUT2D eigenvalue weighted by Crippen LogP contribution is -2.13. The third-order valence-electron chi connectivity index (χ3n) is 3.84. The fourth-order valence-electron chi connectivity index (χ4n) is 2.51. The first-order chi connectivity index (χ1) is 12.3. The van der Waals surface area contributed by atoms with Gasteiger partial charge in [0.05, 0.1) is 5.56 Å². The highest BCUT2D eigenvalue weighted by Crippen LogP contribution is 2.39. The number of halogens is 3. The molecule has 0 aliphatic rings. The largest absolute Gasteiger partial charge is 0.416 e. The van der Waals surface area contributed by atoms with E-state index in [1.807, 2.05) is 5.38 Å². The maximum absolute atomic E-state index is 12.7. The SMILES string of the molecule is CNC(=O)C=Cc1cnc(N)c2c(-c3ccc(C(F)(F)F)cc3)csc12. The van der Waals surface area contributed by atoms with E-state index in [4.69, 9.17) is 5.73 Å². The van der Waals surface area contributed by atoms with Gasteiger partial charge in [0.1, 0.15) is 5.82 Å². The number of hydrogen-bond acceptors (Lipinski definition) is 4. The third kappa shape index (κ3) is 3.41. The quantitative estimate of drug-likeness (QED) is 0.668. The van der Waals surface area contributed by atoms with E-state index in [1.54, 1.807) is 12.3 Å². The van der Waals surface area contributed by atoms with Gasteiger partial charge in [-0.3, -0.25) is 4.79 Å². The van der Waals surface area contributed by atoms with Crippen LogP contribution in [0.15, 0.2) is 41.9 Å². The smallest absolute Gasteiger partial charge is 0.383 e. The van der Waals surface area contributed by atoms with Crippen LogP contribution in [0.25, 0.3) is 27.3 Å². The van der Waals surface area contributed by atoms with Crippen molar-refractivity contribution in [3.8, 4) is 11.1 Å². The summed E-state index contributed by atoms with van der Waals surface area (Å²) in [6.45, 7) is 0. The Morgan fingerprint density at radius 2 is 1.96 bits per heavy atom. The molecule has 0 unspecified atom stereocenters. The van der Waals surface area contributed by atoms with Crippen molar-refractivity contribution in [1.82, 2.24) is 10.3 Å². The summed E-state index contributed by atoms with van der Waals surface area (Å²) in [6, 6.07) is 4.91. The summed E-state index contributed by atoms with van der Waals surface area (Å²) in [6.07, 6.45) is 0.183. The molecule has 0 saturated heterocycles. The van der Waals surface area contributed by atoms with Gasteiger partial charge in [-0.1, -0.05) is 12.1 Å². The number of benzene rings is 1. The molecule has 2 aromatic heterocycles. The molecule has 0 aliphatic heterocycles. The number of anilines is 1. The summed E-state index contributed by atoms with van der Waals surface area (Å²) in [5.41, 5.74) is 7.33. The van der Waals surface area contributed by atoms with Gasteiger partial charge in [0.2, 0.25) is 5.91 Å². The number of rotatable bonds is 3. The van der Waals surface area contributed by atoms with Crippen LogP contribution in [0.5, 0.6) is 0 Å². The molecule has 2 heterocycles. The molecule has 26 heavy (non-hydrogen) atoms. The normalized spacial score (nSPS) is 12.0. The molecular weight excluding hydrogens is 363 g/mol. The topological polar surface area (TPSA) is 68.0 Å². The molecular formula is C18H14F3N3OS. The molecule has 3 aromatic rings. The lowest BCUT2D eigenvalue weighted by atomic mass is 10.0. The first kappa shape index (κ1) is 17.9. The van der Waals surface area contributed by atoms with E-state index in [1.165, 1.54) is 36.6 Å². The van der Waals surface area contributed by atoms with E-state index in [-0.39, 0.29) is 11.7 Å². The van der Waals surface area contributed by atoms with Gasteiger partial charge < -0.3 is 11.1 Å². The van der Waals surface area contributed by atoms with Gasteiger partial charge in [-0.25, -0.2) is 4.98 Å². The molecule has 3 N–H and O–H groups in total. The predicted molar refractivity (Wildman–Crippen MR) is 97.6 cm³/mol. The minimum Gasteiger partial charge on any atom is -0.383 e. The summed E-state index contributed by atoms with van der Waals surface area (Å²) in [7, 11) is 1.53. The summed E-state index contributed by atoms with van der Waals surface area (Å²) in [5, 5.41) is 4.97. The number of aromatic nitrogens is 1. The van der Waals surface area contributed by atoms with Gasteiger partial charge in [0, 0.05) is 40.5 Å². The molecule has 1 aromatic carbocycles. The maximum atomic E-state index is 12.7. The monoisotopic (exact) mass is 377 g/mol. The predicted octanol–water partition coefficient (Wildman–Crippen LogP) is 4.32. The van der Waals surface area contributed by atoms with Crippen LogP contribution < -0.4 is 11.1 Å². The molecule has 4 nitrogen and oxygen atoms in total. The highest BCUT2D eigenvalue weighted by Gasteiger charge is 2.30. The lowest BCUT2D eigenvalue weighted by Gasteiger charge is -2.08. The zero-order valence-corrected chi connectivity index (χ0v) is 14.4. The number of thiophene rings is 1. The number of amides is 1. The van der Waals surface area contributed by atoms with Crippen molar-refractivity contribution in [1.29, 1.82) is 0 Å². The number of nitrogens with two attached hydrogens (primary N) is 1. The average Bonchev–Trinajstić information content (AvgIpc) is 3.06. The third-order valence-corrected chi connectivity index (χ3v) is 4.87. The van der Waals surface area contributed by atoms with E-state index in [0.29, 0.717) is 22.1 Å². The minimum atomic E-state index is -4.38. The first-order valence-electron chi connectivity index (χ1n) is 7.54. The number of nitrogens with one attached hydrogen (secondary N) is 1. The van der Waals surface area contributed by atoms with Crippen molar-refractivity contribution in [3.63, 3.8) is 0 Å². The van der Waals surface area contributed by atoms with Gasteiger partial charge in [-0.15, -0.1) is 11.3 Å². The Bertz CT molecular complexity index is 991. The van der Waals surface area contributed by atoms with Gasteiger partial charge in [0.15, 0.2) is 0 Å². The summed E-state index contributed by atoms with van der Waals surface area (Å²) >= 11 is 1.39. The summed E-state index contributed by atoms with van der Waals surface area (Å²) < 4.78 is 39.0. The zero-order valence-electron chi connectivity index (χ0n) is 13.6. The van der Waals surface area contributed by atoms with E-state index in [0.717, 1.165) is 16.8 Å². The number of hydrogen-bond donors (Lipinski definition) is 2. The van der Waals surface area contributed by atoms with E-state index in [2.05, 4.69) is 10.3 Å². The van der Waals surface area contributed by atoms with Crippen LogP contribution in [-0.2, 0) is 11.0 Å². The van der Waals surface area contributed by atoms with Crippen molar-refractivity contribution in [3.05, 3.63) is 53.0 Å². The van der Waals surface area contributed by atoms with Crippen LogP contribution in [0.2, 0.25) is 0 Å². The highest BCUT2D eigenvalue weighted by molar-refractivity contribution is 7.18. The highest BCUT2D eigenvalue weighted by atomic mass is 32.1. The number of nitrogen functional groups attached to an aromatic ring is 1. The number of fused-ring (bicyclic) bond motifs is 1. The number of alkyl halides is 3. The molecule has 134 valence electrons. The van der Waals surface area contributed by atoms with Gasteiger partial charge in [-0.05, 0) is 29.2 Å². The zero-order chi connectivity index (χ0) is 18.9. The standard InChI is InChI=1S/C18H14F3N3OS/c1-23-14(25)7-4-11-8-24-17(22)15-13(9-26-16(11)15)10-2-5-12(6-3-10)18(19,20)21/h2-9H,1H3,(H2,22,24)(H,23,25). The molecule has 3 rings (SSSR count). The van der Waals surface area contributed by atoms with E-state index < -0.39 is 11.7 Å². The number of carbonyl (C=O) groups excluding carboxylic acids is 1. The Balaban J connectivity index is 2.08. The lowest BCUT2D eigenvalue weighted by molar-refractivity contribution is -0.137. The Morgan fingerprint density at radius 1 is 1.27 bits per heavy atom. The van der Waals surface area contributed by atoms with Crippen LogP contribution >= 0.6 is 11.3 Å². The van der Waals surface area contributed by atoms with Crippen LogP contribution in [-0.4, -0.2) is 17.9 Å². The number of pyridine rings is 1. The molecule has 0 spiro atoms. The van der Waals surface area contributed by atoms with Crippen molar-refractivity contribution < 1.29 is 18.0 Å². The molecule has 0 atom stereocenters. The Morgan fingerprint density at radius 3 is 2.58 bits per heavy atom. The van der Waals surface area contributed by atoms with Crippen LogP contribution in [0.4, 0.5) is 19.0 Å². The second-order valence-corrected chi connectivity index (χ2v) is 6.35. The molecule has 0 fully saturated rings. The Kier molecular flexibility index (Phi) is 4.69. The minimum absolute atomic E-state index is 0.255. The fourth-order valence-corrected chi connectivity index (χ4v) is 3.58. The fraction of sp³-hybridized carbons (Fsp3) is 0.111. The molecule has 1 amide bonds. The molecule has 0 saturated carbocycles. The van der Waals surface area contributed by atoms with E-state index in [9.17, 15) is 18.0 Å². The van der Waals surface area contributed by atoms with Crippen LogP contribution in [0, 0.1) is 0 Å². The van der Waals surface area contributed by atoms with Gasteiger partial charge in [0.25, 0.3) is 0 Å². The molecule has 8 heteroatoms. The van der Waals surface area contributed by atoms with Crippen molar-refractivity contribution in [2.45, 2.75) is 6.18 Å². The number of carbonyl (C=O) groups is 1. The van der Waals surface area contributed by atoms with Gasteiger partial charge >= 0.3 is 6.18 Å². The van der Waals surface area contributed by atoms with Crippen molar-refractivity contribution >= 4 is 39.2 Å². The number of likely N-dealkylation sites (N-methyl/N-ethyl adjacent to an activating group) is 1. The average molecular weight is 377 g/mol. The van der Waals surface area contributed by atoms with Crippen molar-refractivity contribution in [2.24, 2.45) is 0 Å². The van der Waals surface area contributed by atoms with E-state index >= 15 is 0 Å². The second-order valence-electron chi connectivity index (χ2n) is 5.47. The summed E-state index contributed by atoms with van der Waals surface area (Å²) in [5.74, 6) is 0.0303. The molecule has 0 aliphatic carbocycles. The Hall–Kier alpha value is -2.87. The first-order valence-corrected chi connectivity index (χ1v) is 8.42. The molecule has 0 radical (unpaired) electrons. The molecule has 0 bridgehead atoms. The number of nitrogens with zero attached hydrogens (tertiary/aromatic N) is 1. The van der Waals surface area contributed by atoms with Gasteiger partial charge in [-0.2, -0.15) is 13.2 Å². The maximum Gasteiger partial charge on any atom is 0.416 e.